The van der Waals surface area contributed by atoms with E-state index in [1.807, 2.05) is 42.5 Å². The van der Waals surface area contributed by atoms with Crippen LogP contribution in [0.2, 0.25) is 0 Å². The van der Waals surface area contributed by atoms with Crippen molar-refractivity contribution in [1.82, 2.24) is 0 Å². The van der Waals surface area contributed by atoms with Crippen LogP contribution in [-0.2, 0) is 6.61 Å². The summed E-state index contributed by atoms with van der Waals surface area (Å²) in [6.07, 6.45) is 0. The molecule has 0 aliphatic carbocycles. The molecule has 0 aliphatic heterocycles. The molecule has 0 saturated heterocycles. The number of hydrogen-bond acceptors (Lipinski definition) is 2. The van der Waals surface area contributed by atoms with Crippen molar-refractivity contribution in [3.8, 4) is 5.75 Å². The second kappa shape index (κ2) is 5.56. The summed E-state index contributed by atoms with van der Waals surface area (Å²) in [4.78, 5) is 0. The van der Waals surface area contributed by atoms with Crippen molar-refractivity contribution < 1.29 is 4.74 Å². The third-order valence-electron chi connectivity index (χ3n) is 2.33. The molecule has 2 N–H and O–H groups in total. The molecule has 0 amide bonds. The average Bonchev–Trinajstić information content (AvgIpc) is 2.33. The number of ether oxygens (including phenoxy) is 1. The fraction of sp³-hybridized carbons (Fsp3) is 0.0769. The zero-order valence-electron chi connectivity index (χ0n) is 8.99. The highest BCUT2D eigenvalue weighted by Crippen LogP contribution is 2.28. The minimum Gasteiger partial charge on any atom is -0.488 e. The van der Waals surface area contributed by atoms with Crippen molar-refractivity contribution in [2.75, 3.05) is 5.73 Å². The maximum Gasteiger partial charge on any atom is 0.133 e. The number of halogens is 2. The van der Waals surface area contributed by atoms with E-state index in [-0.39, 0.29) is 0 Å². The van der Waals surface area contributed by atoms with Gasteiger partial charge in [-0.2, -0.15) is 0 Å². The van der Waals surface area contributed by atoms with Crippen LogP contribution in [0.1, 0.15) is 5.56 Å². The summed E-state index contributed by atoms with van der Waals surface area (Å²) in [6.45, 7) is 0.480. The molecule has 88 valence electrons. The van der Waals surface area contributed by atoms with Gasteiger partial charge < -0.3 is 10.5 Å². The van der Waals surface area contributed by atoms with Crippen LogP contribution in [0.25, 0.3) is 0 Å². The van der Waals surface area contributed by atoms with Crippen molar-refractivity contribution in [2.24, 2.45) is 0 Å². The molecule has 0 bridgehead atoms. The first-order valence-electron chi connectivity index (χ1n) is 5.08. The molecule has 17 heavy (non-hydrogen) atoms. The fourth-order valence-corrected chi connectivity index (χ4v) is 2.21. The van der Waals surface area contributed by atoms with Gasteiger partial charge in [0.05, 0.1) is 4.47 Å². The maximum atomic E-state index is 5.81. The molecule has 4 heteroatoms. The Balaban J connectivity index is 2.13. The van der Waals surface area contributed by atoms with Crippen LogP contribution < -0.4 is 10.5 Å². The highest BCUT2D eigenvalue weighted by Gasteiger charge is 2.05. The van der Waals surface area contributed by atoms with Crippen molar-refractivity contribution in [3.63, 3.8) is 0 Å². The second-order valence-corrected chi connectivity index (χ2v) is 5.19. The largest absolute Gasteiger partial charge is 0.488 e. The predicted molar refractivity (Wildman–Crippen MR) is 77.0 cm³/mol. The molecular weight excluding hydrogens is 346 g/mol. The zero-order valence-corrected chi connectivity index (χ0v) is 12.2. The van der Waals surface area contributed by atoms with Crippen molar-refractivity contribution in [3.05, 3.63) is 57.0 Å². The molecular formula is C13H11Br2NO. The number of hydrogen-bond donors (Lipinski definition) is 1. The summed E-state index contributed by atoms with van der Waals surface area (Å²) >= 11 is 6.90. The Morgan fingerprint density at radius 1 is 1.00 bits per heavy atom. The first-order valence-corrected chi connectivity index (χ1v) is 6.67. The van der Waals surface area contributed by atoms with Crippen LogP contribution in [0.15, 0.2) is 51.4 Å². The van der Waals surface area contributed by atoms with Crippen molar-refractivity contribution >= 4 is 37.5 Å². The van der Waals surface area contributed by atoms with Gasteiger partial charge >= 0.3 is 0 Å². The number of benzene rings is 2. The van der Waals surface area contributed by atoms with E-state index in [4.69, 9.17) is 10.5 Å². The first kappa shape index (κ1) is 12.5. The lowest BCUT2D eigenvalue weighted by atomic mass is 10.2. The zero-order chi connectivity index (χ0) is 12.3. The van der Waals surface area contributed by atoms with Gasteiger partial charge in [0.1, 0.15) is 12.4 Å². The topological polar surface area (TPSA) is 35.2 Å². The van der Waals surface area contributed by atoms with Crippen LogP contribution in [-0.4, -0.2) is 0 Å². The van der Waals surface area contributed by atoms with E-state index in [1.165, 1.54) is 0 Å². The quantitative estimate of drug-likeness (QED) is 0.828. The number of anilines is 1. The Morgan fingerprint density at radius 2 is 1.76 bits per heavy atom. The molecule has 2 rings (SSSR count). The van der Waals surface area contributed by atoms with Crippen LogP contribution in [0, 0.1) is 0 Å². The van der Waals surface area contributed by atoms with E-state index in [2.05, 4.69) is 31.9 Å². The summed E-state index contributed by atoms with van der Waals surface area (Å²) in [5, 5.41) is 0. The lowest BCUT2D eigenvalue weighted by Gasteiger charge is -2.10. The summed E-state index contributed by atoms with van der Waals surface area (Å²) in [5.41, 5.74) is 7.56. The lowest BCUT2D eigenvalue weighted by Crippen LogP contribution is -1.99. The SMILES string of the molecule is Nc1cccc(COc2ccccc2Br)c1Br. The Labute approximate surface area is 117 Å². The molecule has 0 unspecified atom stereocenters. The van der Waals surface area contributed by atoms with Gasteiger partial charge in [-0.15, -0.1) is 0 Å². The summed E-state index contributed by atoms with van der Waals surface area (Å²) in [5.74, 6) is 0.821. The molecule has 0 radical (unpaired) electrons. The van der Waals surface area contributed by atoms with E-state index in [1.54, 1.807) is 0 Å². The number of nitrogens with two attached hydrogens (primary N) is 1. The van der Waals surface area contributed by atoms with Crippen LogP contribution >= 0.6 is 31.9 Å². The third kappa shape index (κ3) is 3.01. The van der Waals surface area contributed by atoms with Crippen LogP contribution in [0.5, 0.6) is 5.75 Å². The number of para-hydroxylation sites is 1. The molecule has 0 spiro atoms. The van der Waals surface area contributed by atoms with Gasteiger partial charge in [0.2, 0.25) is 0 Å². The molecule has 0 atom stereocenters. The minimum absolute atomic E-state index is 0.480. The van der Waals surface area contributed by atoms with E-state index >= 15 is 0 Å². The van der Waals surface area contributed by atoms with Crippen molar-refractivity contribution in [1.29, 1.82) is 0 Å². The fourth-order valence-electron chi connectivity index (χ4n) is 1.43. The van der Waals surface area contributed by atoms with Gasteiger partial charge in [-0.1, -0.05) is 24.3 Å². The second-order valence-electron chi connectivity index (χ2n) is 3.54. The maximum absolute atomic E-state index is 5.81. The third-order valence-corrected chi connectivity index (χ3v) is 3.95. The number of rotatable bonds is 3. The van der Waals surface area contributed by atoms with E-state index in [0.29, 0.717) is 6.61 Å². The van der Waals surface area contributed by atoms with E-state index < -0.39 is 0 Å². The first-order chi connectivity index (χ1) is 8.18. The average molecular weight is 357 g/mol. The summed E-state index contributed by atoms with van der Waals surface area (Å²) in [7, 11) is 0. The Bertz CT molecular complexity index is 529. The predicted octanol–water partition coefficient (Wildman–Crippen LogP) is 4.37. The smallest absolute Gasteiger partial charge is 0.133 e. The Morgan fingerprint density at radius 3 is 2.53 bits per heavy atom. The molecule has 0 saturated carbocycles. The van der Waals surface area contributed by atoms with E-state index in [9.17, 15) is 0 Å². The van der Waals surface area contributed by atoms with Gasteiger partial charge in [0.25, 0.3) is 0 Å². The normalized spacial score (nSPS) is 10.2. The van der Waals surface area contributed by atoms with E-state index in [0.717, 1.165) is 25.9 Å². The van der Waals surface area contributed by atoms with Gasteiger partial charge in [0.15, 0.2) is 0 Å². The summed E-state index contributed by atoms with van der Waals surface area (Å²) in [6, 6.07) is 13.5. The molecule has 0 aliphatic rings. The van der Waals surface area contributed by atoms with Gasteiger partial charge in [-0.25, -0.2) is 0 Å². The van der Waals surface area contributed by atoms with Gasteiger partial charge in [0, 0.05) is 15.7 Å². The molecule has 2 aromatic carbocycles. The highest BCUT2D eigenvalue weighted by atomic mass is 79.9. The molecule has 0 heterocycles. The van der Waals surface area contributed by atoms with Crippen molar-refractivity contribution in [2.45, 2.75) is 6.61 Å². The molecule has 0 aromatic heterocycles. The Kier molecular flexibility index (Phi) is 4.07. The van der Waals surface area contributed by atoms with Gasteiger partial charge in [-0.05, 0) is 50.1 Å². The van der Waals surface area contributed by atoms with Crippen LogP contribution in [0.3, 0.4) is 0 Å². The highest BCUT2D eigenvalue weighted by molar-refractivity contribution is 9.11. The van der Waals surface area contributed by atoms with Crippen LogP contribution in [0.4, 0.5) is 5.69 Å². The molecule has 2 nitrogen and oxygen atoms in total. The minimum atomic E-state index is 0.480. The van der Waals surface area contributed by atoms with Gasteiger partial charge in [-0.3, -0.25) is 0 Å². The standard InChI is InChI=1S/C13H11Br2NO/c14-10-5-1-2-7-12(10)17-8-9-4-3-6-11(16)13(9)15/h1-7H,8,16H2. The Hall–Kier alpha value is -1.000. The molecule has 2 aromatic rings. The lowest BCUT2D eigenvalue weighted by molar-refractivity contribution is 0.303. The number of nitrogen functional groups attached to an aromatic ring is 1. The summed E-state index contributed by atoms with van der Waals surface area (Å²) < 4.78 is 7.57. The monoisotopic (exact) mass is 355 g/mol. The molecule has 0 fully saturated rings.